The zero-order valence-corrected chi connectivity index (χ0v) is 10.3. The van der Waals surface area contributed by atoms with Crippen LogP contribution >= 0.6 is 11.3 Å². The minimum Gasteiger partial charge on any atom is -0.493 e. The van der Waals surface area contributed by atoms with Crippen molar-refractivity contribution in [3.8, 4) is 5.75 Å². The molecule has 2 heterocycles. The fourth-order valence-electron chi connectivity index (χ4n) is 1.70. The number of aryl methyl sites for hydroxylation is 1. The summed E-state index contributed by atoms with van der Waals surface area (Å²) in [7, 11) is 5.47. The summed E-state index contributed by atoms with van der Waals surface area (Å²) < 4.78 is 7.13. The Kier molecular flexibility index (Phi) is 3.21. The lowest BCUT2D eigenvalue weighted by atomic mass is 10.1. The molecule has 86 valence electrons. The number of rotatable bonds is 4. The standard InChI is InChI=1S/C10H14N4OS/c1-11-9(8-5-12-6-16-8)10-7(15-3)4-13-14(10)2/h4-6,9,11H,1-3H3. The van der Waals surface area contributed by atoms with E-state index in [0.717, 1.165) is 16.3 Å². The molecule has 2 rings (SSSR count). The van der Waals surface area contributed by atoms with Gasteiger partial charge in [0.1, 0.15) is 5.69 Å². The first-order chi connectivity index (χ1) is 7.77. The van der Waals surface area contributed by atoms with E-state index in [1.807, 2.05) is 30.5 Å². The Hall–Kier alpha value is -1.40. The molecule has 0 bridgehead atoms. The molecule has 16 heavy (non-hydrogen) atoms. The molecule has 0 aliphatic carbocycles. The average Bonchev–Trinajstić information content (AvgIpc) is 2.91. The largest absolute Gasteiger partial charge is 0.493 e. The SMILES string of the molecule is CNC(c1cncs1)c1c(OC)cnn1C. The van der Waals surface area contributed by atoms with Gasteiger partial charge in [0, 0.05) is 18.1 Å². The van der Waals surface area contributed by atoms with Gasteiger partial charge in [-0.05, 0) is 7.05 Å². The van der Waals surface area contributed by atoms with E-state index < -0.39 is 0 Å². The molecular formula is C10H14N4OS. The van der Waals surface area contributed by atoms with Gasteiger partial charge in [-0.3, -0.25) is 9.67 Å². The molecule has 1 N–H and O–H groups in total. The molecule has 0 aliphatic rings. The number of hydrogen-bond acceptors (Lipinski definition) is 5. The van der Waals surface area contributed by atoms with Crippen LogP contribution in [-0.2, 0) is 7.05 Å². The first kappa shape index (κ1) is 11.1. The van der Waals surface area contributed by atoms with Gasteiger partial charge in [0.15, 0.2) is 5.75 Å². The first-order valence-corrected chi connectivity index (χ1v) is 5.77. The lowest BCUT2D eigenvalue weighted by Crippen LogP contribution is -2.20. The minimum absolute atomic E-state index is 0.0648. The number of aromatic nitrogens is 3. The zero-order chi connectivity index (χ0) is 11.5. The molecule has 0 fully saturated rings. The molecule has 0 radical (unpaired) electrons. The summed E-state index contributed by atoms with van der Waals surface area (Å²) in [5.74, 6) is 0.787. The lowest BCUT2D eigenvalue weighted by Gasteiger charge is -2.15. The van der Waals surface area contributed by atoms with Gasteiger partial charge in [-0.25, -0.2) is 0 Å². The maximum atomic E-state index is 5.31. The third kappa shape index (κ3) is 1.81. The maximum Gasteiger partial charge on any atom is 0.161 e. The Morgan fingerprint density at radius 3 is 2.88 bits per heavy atom. The van der Waals surface area contributed by atoms with Crippen LogP contribution in [0.3, 0.4) is 0 Å². The van der Waals surface area contributed by atoms with E-state index in [-0.39, 0.29) is 6.04 Å². The molecule has 5 nitrogen and oxygen atoms in total. The first-order valence-electron chi connectivity index (χ1n) is 4.89. The second kappa shape index (κ2) is 4.63. The van der Waals surface area contributed by atoms with Gasteiger partial charge >= 0.3 is 0 Å². The van der Waals surface area contributed by atoms with Crippen molar-refractivity contribution in [1.82, 2.24) is 20.1 Å². The van der Waals surface area contributed by atoms with E-state index in [1.165, 1.54) is 0 Å². The summed E-state index contributed by atoms with van der Waals surface area (Å²) in [5, 5.41) is 7.45. The van der Waals surface area contributed by atoms with Crippen LogP contribution in [0.15, 0.2) is 17.9 Å². The molecular weight excluding hydrogens is 224 g/mol. The molecule has 2 aromatic rings. The average molecular weight is 238 g/mol. The monoisotopic (exact) mass is 238 g/mol. The highest BCUT2D eigenvalue weighted by Gasteiger charge is 2.21. The number of hydrogen-bond donors (Lipinski definition) is 1. The van der Waals surface area contributed by atoms with Gasteiger partial charge in [-0.2, -0.15) is 5.10 Å². The second-order valence-corrected chi connectivity index (χ2v) is 4.27. The van der Waals surface area contributed by atoms with Gasteiger partial charge in [0.05, 0.1) is 24.9 Å². The van der Waals surface area contributed by atoms with Gasteiger partial charge in [-0.1, -0.05) is 0 Å². The van der Waals surface area contributed by atoms with Crippen molar-refractivity contribution in [3.63, 3.8) is 0 Å². The van der Waals surface area contributed by atoms with Crippen LogP contribution in [0.4, 0.5) is 0 Å². The van der Waals surface area contributed by atoms with Gasteiger partial charge in [0.25, 0.3) is 0 Å². The topological polar surface area (TPSA) is 52.0 Å². The van der Waals surface area contributed by atoms with E-state index in [2.05, 4.69) is 15.4 Å². The number of thiazole rings is 1. The Morgan fingerprint density at radius 2 is 2.31 bits per heavy atom. The van der Waals surface area contributed by atoms with Crippen molar-refractivity contribution in [2.75, 3.05) is 14.2 Å². The van der Waals surface area contributed by atoms with Crippen LogP contribution < -0.4 is 10.1 Å². The summed E-state index contributed by atoms with van der Waals surface area (Å²) in [6.45, 7) is 0. The number of methoxy groups -OCH3 is 1. The van der Waals surface area contributed by atoms with Crippen molar-refractivity contribution in [2.45, 2.75) is 6.04 Å². The predicted molar refractivity (Wildman–Crippen MR) is 62.8 cm³/mol. The fraction of sp³-hybridized carbons (Fsp3) is 0.400. The molecule has 2 aromatic heterocycles. The molecule has 6 heteroatoms. The smallest absolute Gasteiger partial charge is 0.161 e. The van der Waals surface area contributed by atoms with Crippen LogP contribution in [0.2, 0.25) is 0 Å². The van der Waals surface area contributed by atoms with Gasteiger partial charge in [-0.15, -0.1) is 11.3 Å². The summed E-state index contributed by atoms with van der Waals surface area (Å²) in [4.78, 5) is 5.24. The molecule has 0 saturated carbocycles. The number of ether oxygens (including phenoxy) is 1. The highest BCUT2D eigenvalue weighted by atomic mass is 32.1. The van der Waals surface area contributed by atoms with Crippen molar-refractivity contribution >= 4 is 11.3 Å². The van der Waals surface area contributed by atoms with Crippen LogP contribution in [0.5, 0.6) is 5.75 Å². The van der Waals surface area contributed by atoms with E-state index >= 15 is 0 Å². The van der Waals surface area contributed by atoms with Crippen molar-refractivity contribution in [3.05, 3.63) is 28.5 Å². The quantitative estimate of drug-likeness (QED) is 0.869. The van der Waals surface area contributed by atoms with Crippen LogP contribution in [-0.4, -0.2) is 28.9 Å². The maximum absolute atomic E-state index is 5.31. The van der Waals surface area contributed by atoms with Crippen LogP contribution in [0, 0.1) is 0 Å². The molecule has 1 unspecified atom stereocenters. The van der Waals surface area contributed by atoms with Crippen molar-refractivity contribution in [2.24, 2.45) is 7.05 Å². The Labute approximate surface area is 98.1 Å². The third-order valence-electron chi connectivity index (χ3n) is 2.47. The lowest BCUT2D eigenvalue weighted by molar-refractivity contribution is 0.403. The van der Waals surface area contributed by atoms with Gasteiger partial charge in [0.2, 0.25) is 0 Å². The highest BCUT2D eigenvalue weighted by molar-refractivity contribution is 7.09. The fourth-order valence-corrected chi connectivity index (χ4v) is 2.43. The zero-order valence-electron chi connectivity index (χ0n) is 9.47. The summed E-state index contributed by atoms with van der Waals surface area (Å²) in [5.41, 5.74) is 2.83. The molecule has 0 aromatic carbocycles. The number of nitrogens with one attached hydrogen (secondary N) is 1. The minimum atomic E-state index is 0.0648. The Morgan fingerprint density at radius 1 is 1.50 bits per heavy atom. The van der Waals surface area contributed by atoms with E-state index in [4.69, 9.17) is 4.74 Å². The van der Waals surface area contributed by atoms with Crippen LogP contribution in [0.25, 0.3) is 0 Å². The molecule has 0 saturated heterocycles. The number of nitrogens with zero attached hydrogens (tertiary/aromatic N) is 3. The highest BCUT2D eigenvalue weighted by Crippen LogP contribution is 2.30. The van der Waals surface area contributed by atoms with E-state index in [0.29, 0.717) is 0 Å². The molecule has 0 amide bonds. The summed E-state index contributed by atoms with van der Waals surface area (Å²) in [6, 6.07) is 0.0648. The molecule has 1 atom stereocenters. The summed E-state index contributed by atoms with van der Waals surface area (Å²) >= 11 is 1.61. The predicted octanol–water partition coefficient (Wildman–Crippen LogP) is 1.19. The van der Waals surface area contributed by atoms with Crippen molar-refractivity contribution in [1.29, 1.82) is 0 Å². The van der Waals surface area contributed by atoms with Gasteiger partial charge < -0.3 is 10.1 Å². The Bertz CT molecular complexity index is 451. The van der Waals surface area contributed by atoms with Crippen LogP contribution in [0.1, 0.15) is 16.6 Å². The third-order valence-corrected chi connectivity index (χ3v) is 3.31. The van der Waals surface area contributed by atoms with E-state index in [1.54, 1.807) is 24.6 Å². The second-order valence-electron chi connectivity index (χ2n) is 3.35. The molecule has 0 spiro atoms. The Balaban J connectivity index is 2.44. The normalized spacial score (nSPS) is 12.7. The molecule has 0 aliphatic heterocycles. The summed E-state index contributed by atoms with van der Waals surface area (Å²) in [6.07, 6.45) is 3.58. The van der Waals surface area contributed by atoms with E-state index in [9.17, 15) is 0 Å². The van der Waals surface area contributed by atoms with Crippen molar-refractivity contribution < 1.29 is 4.74 Å².